The number of hydrogen-bond donors (Lipinski definition) is 0. The third-order valence-electron chi connectivity index (χ3n) is 4.77. The highest BCUT2D eigenvalue weighted by atomic mass is 32.2. The molecule has 1 aliphatic heterocycles. The first-order chi connectivity index (χ1) is 15.0. The first-order valence-corrected chi connectivity index (χ1v) is 10.1. The molecule has 1 aromatic heterocycles. The molecule has 4 rings (SSSR count). The number of imide groups is 1. The van der Waals surface area contributed by atoms with Gasteiger partial charge in [0.25, 0.3) is 16.8 Å². The predicted molar refractivity (Wildman–Crippen MR) is 117 cm³/mol. The van der Waals surface area contributed by atoms with Crippen LogP contribution in [0.15, 0.2) is 71.8 Å². The van der Waals surface area contributed by atoms with Crippen molar-refractivity contribution < 1.29 is 19.2 Å². The molecule has 0 unspecified atom stereocenters. The summed E-state index contributed by atoms with van der Waals surface area (Å²) in [5.41, 5.74) is 2.24. The predicted octanol–water partition coefficient (Wildman–Crippen LogP) is 4.63. The largest absolute Gasteiger partial charge is 0.497 e. The maximum Gasteiger partial charge on any atom is 0.293 e. The van der Waals surface area contributed by atoms with E-state index < -0.39 is 10.8 Å². The van der Waals surface area contributed by atoms with Crippen LogP contribution in [0.2, 0.25) is 0 Å². The summed E-state index contributed by atoms with van der Waals surface area (Å²) >= 11 is 0.874. The molecule has 2 aromatic carbocycles. The van der Waals surface area contributed by atoms with Crippen LogP contribution < -0.4 is 4.74 Å². The number of aromatic nitrogens is 1. The van der Waals surface area contributed by atoms with E-state index in [0.717, 1.165) is 33.8 Å². The third kappa shape index (κ3) is 4.22. The molecule has 0 radical (unpaired) electrons. The van der Waals surface area contributed by atoms with Crippen molar-refractivity contribution >= 4 is 34.7 Å². The van der Waals surface area contributed by atoms with Gasteiger partial charge in [0.05, 0.1) is 23.5 Å². The summed E-state index contributed by atoms with van der Waals surface area (Å²) in [6.07, 6.45) is 3.56. The van der Waals surface area contributed by atoms with Crippen molar-refractivity contribution in [3.8, 4) is 11.4 Å². The Hall–Kier alpha value is -3.85. The van der Waals surface area contributed by atoms with E-state index in [1.54, 1.807) is 25.3 Å². The van der Waals surface area contributed by atoms with Gasteiger partial charge in [-0.3, -0.25) is 24.6 Å². The number of non-ortho nitro benzene ring substituents is 1. The molecule has 1 saturated heterocycles. The van der Waals surface area contributed by atoms with Gasteiger partial charge in [0.15, 0.2) is 0 Å². The van der Waals surface area contributed by atoms with Gasteiger partial charge in [0.1, 0.15) is 5.75 Å². The van der Waals surface area contributed by atoms with Crippen molar-refractivity contribution in [1.29, 1.82) is 0 Å². The smallest absolute Gasteiger partial charge is 0.293 e. The molecule has 0 spiro atoms. The van der Waals surface area contributed by atoms with Crippen molar-refractivity contribution in [3.05, 3.63) is 93.1 Å². The van der Waals surface area contributed by atoms with Crippen LogP contribution in [0.3, 0.4) is 0 Å². The zero-order valence-corrected chi connectivity index (χ0v) is 17.2. The van der Waals surface area contributed by atoms with Crippen LogP contribution >= 0.6 is 11.8 Å². The molecule has 2 amide bonds. The second-order valence-corrected chi connectivity index (χ2v) is 7.69. The van der Waals surface area contributed by atoms with Gasteiger partial charge >= 0.3 is 0 Å². The summed E-state index contributed by atoms with van der Waals surface area (Å²) < 4.78 is 7.09. The molecule has 1 aliphatic rings. The number of methoxy groups -OCH3 is 1. The molecule has 0 saturated carbocycles. The molecule has 0 atom stereocenters. The number of rotatable bonds is 6. The van der Waals surface area contributed by atoms with E-state index in [9.17, 15) is 19.7 Å². The average Bonchev–Trinajstić information content (AvgIpc) is 3.34. The number of nitro groups is 1. The lowest BCUT2D eigenvalue weighted by atomic mass is 10.2. The van der Waals surface area contributed by atoms with Crippen molar-refractivity contribution in [2.24, 2.45) is 0 Å². The highest BCUT2D eigenvalue weighted by molar-refractivity contribution is 8.18. The summed E-state index contributed by atoms with van der Waals surface area (Å²) in [7, 11) is 1.60. The van der Waals surface area contributed by atoms with Crippen LogP contribution in [0.1, 0.15) is 11.3 Å². The Labute approximate surface area is 181 Å². The fraction of sp³-hybridized carbons (Fsp3) is 0.0909. The number of amides is 2. The molecule has 0 N–H and O–H groups in total. The van der Waals surface area contributed by atoms with Crippen LogP contribution in [0.5, 0.6) is 5.75 Å². The van der Waals surface area contributed by atoms with Gasteiger partial charge in [-0.2, -0.15) is 0 Å². The van der Waals surface area contributed by atoms with E-state index >= 15 is 0 Å². The molecular weight excluding hydrogens is 418 g/mol. The highest BCUT2D eigenvalue weighted by Crippen LogP contribution is 2.34. The number of nitro benzene ring substituents is 1. The summed E-state index contributed by atoms with van der Waals surface area (Å²) in [6, 6.07) is 17.0. The summed E-state index contributed by atoms with van der Waals surface area (Å²) in [5, 5.41) is 10.4. The van der Waals surface area contributed by atoms with Gasteiger partial charge in [-0.25, -0.2) is 0 Å². The number of carbonyl (C=O) groups excluding carboxylic acids is 2. The first kappa shape index (κ1) is 20.4. The van der Waals surface area contributed by atoms with Gasteiger partial charge in [-0.1, -0.05) is 12.1 Å². The quantitative estimate of drug-likeness (QED) is 0.318. The minimum atomic E-state index is -0.495. The van der Waals surface area contributed by atoms with Gasteiger partial charge < -0.3 is 9.30 Å². The van der Waals surface area contributed by atoms with Crippen LogP contribution in [-0.2, 0) is 11.3 Å². The Morgan fingerprint density at radius 2 is 1.77 bits per heavy atom. The van der Waals surface area contributed by atoms with Gasteiger partial charge in [0, 0.05) is 29.7 Å². The first-order valence-electron chi connectivity index (χ1n) is 9.27. The lowest BCUT2D eigenvalue weighted by Gasteiger charge is -2.12. The summed E-state index contributed by atoms with van der Waals surface area (Å²) in [5.74, 6) is 0.348. The molecule has 31 heavy (non-hydrogen) atoms. The lowest BCUT2D eigenvalue weighted by molar-refractivity contribution is -0.384. The zero-order chi connectivity index (χ0) is 22.0. The number of benzene rings is 2. The molecule has 8 nitrogen and oxygen atoms in total. The second kappa shape index (κ2) is 8.49. The van der Waals surface area contributed by atoms with Crippen molar-refractivity contribution in [2.75, 3.05) is 7.11 Å². The minimum Gasteiger partial charge on any atom is -0.497 e. The van der Waals surface area contributed by atoms with Gasteiger partial charge in [-0.05, 0) is 59.8 Å². The average molecular weight is 435 g/mol. The van der Waals surface area contributed by atoms with E-state index in [2.05, 4.69) is 0 Å². The normalized spacial score (nSPS) is 15.0. The molecule has 156 valence electrons. The standard InChI is InChI=1S/C22H17N3O5S/c1-30-19-10-8-16(9-11-19)23-12-2-3-18(23)13-20-21(26)24(22(27)31-20)14-15-4-6-17(7-5-15)25(28)29/h2-13H,14H2,1H3/b20-13-. The number of ether oxygens (including phenoxy) is 1. The van der Waals surface area contributed by atoms with Crippen molar-refractivity contribution in [3.63, 3.8) is 0 Å². The summed E-state index contributed by atoms with van der Waals surface area (Å²) in [4.78, 5) is 37.0. The number of thioether (sulfide) groups is 1. The Morgan fingerprint density at radius 3 is 2.42 bits per heavy atom. The maximum absolute atomic E-state index is 12.8. The SMILES string of the molecule is COc1ccc(-n2cccc2/C=C2\SC(=O)N(Cc3ccc([N+](=O)[O-])cc3)C2=O)cc1. The Bertz CT molecular complexity index is 1180. The van der Waals surface area contributed by atoms with E-state index in [1.165, 1.54) is 12.1 Å². The van der Waals surface area contributed by atoms with E-state index in [4.69, 9.17) is 4.74 Å². The fourth-order valence-corrected chi connectivity index (χ4v) is 3.99. The minimum absolute atomic E-state index is 0.0444. The van der Waals surface area contributed by atoms with Crippen molar-refractivity contribution in [2.45, 2.75) is 6.54 Å². The fourth-order valence-electron chi connectivity index (χ4n) is 3.17. The molecule has 1 fully saturated rings. The van der Waals surface area contributed by atoms with Crippen LogP contribution in [-0.4, -0.2) is 32.6 Å². The van der Waals surface area contributed by atoms with Gasteiger partial charge in [-0.15, -0.1) is 0 Å². The van der Waals surface area contributed by atoms with Crippen LogP contribution in [0.4, 0.5) is 10.5 Å². The van der Waals surface area contributed by atoms with E-state index in [-0.39, 0.29) is 17.5 Å². The Balaban J connectivity index is 1.55. The topological polar surface area (TPSA) is 94.7 Å². The number of carbonyl (C=O) groups is 2. The molecule has 9 heteroatoms. The highest BCUT2D eigenvalue weighted by Gasteiger charge is 2.35. The number of hydrogen-bond acceptors (Lipinski definition) is 6. The van der Waals surface area contributed by atoms with Crippen molar-refractivity contribution in [1.82, 2.24) is 9.47 Å². The Morgan fingerprint density at radius 1 is 1.06 bits per heavy atom. The molecule has 3 aromatic rings. The monoisotopic (exact) mass is 435 g/mol. The second-order valence-electron chi connectivity index (χ2n) is 6.69. The maximum atomic E-state index is 12.8. The summed E-state index contributed by atoms with van der Waals surface area (Å²) in [6.45, 7) is 0.0551. The molecule has 0 bridgehead atoms. The number of nitrogens with zero attached hydrogens (tertiary/aromatic N) is 3. The Kier molecular flexibility index (Phi) is 5.59. The van der Waals surface area contributed by atoms with E-state index in [0.29, 0.717) is 10.5 Å². The lowest BCUT2D eigenvalue weighted by Crippen LogP contribution is -2.27. The molecular formula is C22H17N3O5S. The van der Waals surface area contributed by atoms with E-state index in [1.807, 2.05) is 47.2 Å². The zero-order valence-electron chi connectivity index (χ0n) is 16.4. The van der Waals surface area contributed by atoms with Crippen LogP contribution in [0.25, 0.3) is 11.8 Å². The molecule has 0 aliphatic carbocycles. The molecule has 2 heterocycles. The van der Waals surface area contributed by atoms with Crippen LogP contribution in [0, 0.1) is 10.1 Å². The van der Waals surface area contributed by atoms with Gasteiger partial charge in [0.2, 0.25) is 0 Å². The third-order valence-corrected chi connectivity index (χ3v) is 5.68.